The first-order chi connectivity index (χ1) is 18.6. The largest absolute Gasteiger partial charge is 0.481 e. The van der Waals surface area contributed by atoms with E-state index in [1.165, 1.54) is 0 Å². The van der Waals surface area contributed by atoms with Crippen LogP contribution in [0, 0.1) is 0 Å². The molecule has 0 bridgehead atoms. The highest BCUT2D eigenvalue weighted by Crippen LogP contribution is 2.44. The third-order valence-corrected chi connectivity index (χ3v) is 7.60. The van der Waals surface area contributed by atoms with Gasteiger partial charge in [0.1, 0.15) is 17.8 Å². The summed E-state index contributed by atoms with van der Waals surface area (Å²) in [5.74, 6) is -0.976. The lowest BCUT2D eigenvalue weighted by Crippen LogP contribution is -2.64. The third kappa shape index (κ3) is 5.73. The zero-order valence-corrected chi connectivity index (χ0v) is 22.7. The molecule has 1 spiro atoms. The number of fused-ring (bicyclic) bond motifs is 3. The molecule has 2 fully saturated rings. The average Bonchev–Trinajstić information content (AvgIpc) is 3.43. The van der Waals surface area contributed by atoms with Crippen LogP contribution in [0.2, 0.25) is 0 Å². The smallest absolute Gasteiger partial charge is 0.410 e. The second kappa shape index (κ2) is 10.5. The van der Waals surface area contributed by atoms with Crippen LogP contribution in [0.4, 0.5) is 9.59 Å². The maximum Gasteiger partial charge on any atom is 0.410 e. The summed E-state index contributed by atoms with van der Waals surface area (Å²) in [6.07, 6.45) is -0.0409. The Morgan fingerprint density at radius 3 is 2.26 bits per heavy atom. The molecule has 9 heteroatoms. The molecule has 9 nitrogen and oxygen atoms in total. The van der Waals surface area contributed by atoms with Gasteiger partial charge in [-0.2, -0.15) is 0 Å². The number of benzene rings is 2. The fourth-order valence-corrected chi connectivity index (χ4v) is 5.85. The Hall–Kier alpha value is -3.59. The van der Waals surface area contributed by atoms with Crippen molar-refractivity contribution in [1.29, 1.82) is 0 Å². The van der Waals surface area contributed by atoms with E-state index in [4.69, 9.17) is 19.3 Å². The molecule has 2 amide bonds. The van der Waals surface area contributed by atoms with Crippen molar-refractivity contribution in [2.45, 2.75) is 63.2 Å². The molecule has 1 aliphatic carbocycles. The lowest BCUT2D eigenvalue weighted by Gasteiger charge is -2.47. The zero-order valence-electron chi connectivity index (χ0n) is 22.7. The van der Waals surface area contributed by atoms with Gasteiger partial charge in [-0.25, -0.2) is 9.59 Å². The van der Waals surface area contributed by atoms with E-state index in [-0.39, 0.29) is 37.6 Å². The molecule has 0 aromatic heterocycles. The molecule has 2 aromatic rings. The molecule has 2 aliphatic heterocycles. The summed E-state index contributed by atoms with van der Waals surface area (Å²) in [4.78, 5) is 40.2. The first kappa shape index (κ1) is 27.0. The van der Waals surface area contributed by atoms with Gasteiger partial charge in [-0.15, -0.1) is 0 Å². The highest BCUT2D eigenvalue weighted by atomic mass is 16.6. The number of amides is 2. The number of carbonyl (C=O) groups is 3. The molecule has 208 valence electrons. The van der Waals surface area contributed by atoms with E-state index >= 15 is 0 Å². The molecule has 2 saturated heterocycles. The SMILES string of the molecule is CC(C)(C)OC(=O)N1CC2(CC(N(CCCC(=O)O)C(=O)OCC3c4ccccc4-c4ccccc43)CO2)C1. The second-order valence-electron chi connectivity index (χ2n) is 11.7. The van der Waals surface area contributed by atoms with E-state index in [9.17, 15) is 14.4 Å². The highest BCUT2D eigenvalue weighted by molar-refractivity contribution is 5.79. The summed E-state index contributed by atoms with van der Waals surface area (Å²) < 4.78 is 17.5. The van der Waals surface area contributed by atoms with Crippen LogP contribution in [0.15, 0.2) is 48.5 Å². The van der Waals surface area contributed by atoms with Crippen molar-refractivity contribution in [3.63, 3.8) is 0 Å². The van der Waals surface area contributed by atoms with Crippen molar-refractivity contribution < 1.29 is 33.7 Å². The maximum atomic E-state index is 13.4. The number of aliphatic carboxylic acids is 1. The molecule has 5 rings (SSSR count). The molecule has 1 N–H and O–H groups in total. The van der Waals surface area contributed by atoms with Gasteiger partial charge >= 0.3 is 18.2 Å². The Bertz CT molecular complexity index is 1200. The van der Waals surface area contributed by atoms with Gasteiger partial charge in [0.05, 0.1) is 25.7 Å². The Morgan fingerprint density at radius 2 is 1.67 bits per heavy atom. The van der Waals surface area contributed by atoms with E-state index in [1.54, 1.807) is 9.80 Å². The topological polar surface area (TPSA) is 106 Å². The number of likely N-dealkylation sites (tertiary alicyclic amines) is 1. The number of carbonyl (C=O) groups excluding carboxylic acids is 2. The number of nitrogens with zero attached hydrogens (tertiary/aromatic N) is 2. The molecule has 2 heterocycles. The van der Waals surface area contributed by atoms with Gasteiger partial charge in [-0.3, -0.25) is 4.79 Å². The maximum absolute atomic E-state index is 13.4. The molecule has 0 saturated carbocycles. The molecular weight excluding hydrogens is 500 g/mol. The van der Waals surface area contributed by atoms with Crippen molar-refractivity contribution in [1.82, 2.24) is 9.80 Å². The van der Waals surface area contributed by atoms with Crippen LogP contribution in [0.3, 0.4) is 0 Å². The Kier molecular flexibility index (Phi) is 7.29. The zero-order chi connectivity index (χ0) is 27.8. The van der Waals surface area contributed by atoms with Gasteiger partial charge < -0.3 is 29.1 Å². The summed E-state index contributed by atoms with van der Waals surface area (Å²) in [6, 6.07) is 16.0. The monoisotopic (exact) mass is 536 g/mol. The van der Waals surface area contributed by atoms with Crippen molar-refractivity contribution >= 4 is 18.2 Å². The number of ether oxygens (including phenoxy) is 3. The van der Waals surface area contributed by atoms with E-state index in [0.717, 1.165) is 22.3 Å². The van der Waals surface area contributed by atoms with Crippen LogP contribution in [-0.2, 0) is 19.0 Å². The number of hydrogen-bond donors (Lipinski definition) is 1. The van der Waals surface area contributed by atoms with Crippen LogP contribution in [0.25, 0.3) is 11.1 Å². The quantitative estimate of drug-likeness (QED) is 0.538. The van der Waals surface area contributed by atoms with Crippen molar-refractivity contribution in [3.8, 4) is 11.1 Å². The van der Waals surface area contributed by atoms with Gasteiger partial charge in [0.2, 0.25) is 0 Å². The summed E-state index contributed by atoms with van der Waals surface area (Å²) in [5.41, 5.74) is 3.45. The van der Waals surface area contributed by atoms with E-state index in [0.29, 0.717) is 32.5 Å². The number of carboxylic acid groups (broad SMARTS) is 1. The van der Waals surface area contributed by atoms with Gasteiger partial charge in [-0.1, -0.05) is 48.5 Å². The highest BCUT2D eigenvalue weighted by Gasteiger charge is 2.54. The van der Waals surface area contributed by atoms with Crippen LogP contribution in [0.5, 0.6) is 0 Å². The standard InChI is InChI=1S/C30H36N2O7/c1-29(2,3)39-27(35)31-18-30(19-31)15-20(16-38-30)32(14-8-13-26(33)34)28(36)37-17-25-23-11-6-4-9-21(23)22-10-5-7-12-24(22)25/h4-7,9-12,20,25H,8,13-19H2,1-3H3,(H,33,34). The van der Waals surface area contributed by atoms with Crippen LogP contribution in [0.1, 0.15) is 57.1 Å². The lowest BCUT2D eigenvalue weighted by molar-refractivity contribution is -0.137. The minimum atomic E-state index is -0.909. The van der Waals surface area contributed by atoms with E-state index < -0.39 is 23.3 Å². The predicted octanol–water partition coefficient (Wildman–Crippen LogP) is 4.88. The summed E-state index contributed by atoms with van der Waals surface area (Å²) >= 11 is 0. The van der Waals surface area contributed by atoms with Crippen molar-refractivity contribution in [3.05, 3.63) is 59.7 Å². The molecule has 0 radical (unpaired) electrons. The minimum Gasteiger partial charge on any atom is -0.481 e. The van der Waals surface area contributed by atoms with Crippen LogP contribution in [-0.4, -0.2) is 83.2 Å². The van der Waals surface area contributed by atoms with Gasteiger partial charge in [0, 0.05) is 25.3 Å². The molecular formula is C30H36N2O7. The first-order valence-electron chi connectivity index (χ1n) is 13.5. The summed E-state index contributed by atoms with van der Waals surface area (Å²) in [7, 11) is 0. The second-order valence-corrected chi connectivity index (χ2v) is 11.7. The van der Waals surface area contributed by atoms with Crippen molar-refractivity contribution in [2.75, 3.05) is 32.8 Å². The van der Waals surface area contributed by atoms with Gasteiger partial charge in [0.15, 0.2) is 0 Å². The normalized spacial score (nSPS) is 19.3. The van der Waals surface area contributed by atoms with E-state index in [1.807, 2.05) is 45.0 Å². The number of carboxylic acids is 1. The molecule has 1 unspecified atom stereocenters. The Balaban J connectivity index is 1.24. The Labute approximate surface area is 228 Å². The van der Waals surface area contributed by atoms with Crippen LogP contribution < -0.4 is 0 Å². The Morgan fingerprint density at radius 1 is 1.05 bits per heavy atom. The average molecular weight is 537 g/mol. The van der Waals surface area contributed by atoms with Gasteiger partial charge in [-0.05, 0) is 49.4 Å². The first-order valence-corrected chi connectivity index (χ1v) is 13.5. The predicted molar refractivity (Wildman–Crippen MR) is 144 cm³/mol. The van der Waals surface area contributed by atoms with Crippen molar-refractivity contribution in [2.24, 2.45) is 0 Å². The molecule has 2 aromatic carbocycles. The molecule has 39 heavy (non-hydrogen) atoms. The molecule has 1 atom stereocenters. The van der Waals surface area contributed by atoms with Gasteiger partial charge in [0.25, 0.3) is 0 Å². The minimum absolute atomic E-state index is 0.0434. The van der Waals surface area contributed by atoms with Crippen LogP contribution >= 0.6 is 0 Å². The summed E-state index contributed by atoms with van der Waals surface area (Å²) in [6.45, 7) is 7.01. The fourth-order valence-electron chi connectivity index (χ4n) is 5.85. The lowest BCUT2D eigenvalue weighted by atomic mass is 9.89. The molecule has 3 aliphatic rings. The number of rotatable bonds is 7. The summed E-state index contributed by atoms with van der Waals surface area (Å²) in [5, 5.41) is 9.15. The third-order valence-electron chi connectivity index (χ3n) is 7.60. The van der Waals surface area contributed by atoms with E-state index in [2.05, 4.69) is 24.3 Å². The fraction of sp³-hybridized carbons (Fsp3) is 0.500. The number of hydrogen-bond acceptors (Lipinski definition) is 6.